The van der Waals surface area contributed by atoms with Crippen LogP contribution >= 0.6 is 0 Å². The van der Waals surface area contributed by atoms with Crippen LogP contribution in [0.15, 0.2) is 53.4 Å². The van der Waals surface area contributed by atoms with E-state index in [1.807, 2.05) is 19.1 Å². The van der Waals surface area contributed by atoms with E-state index in [0.717, 1.165) is 43.5 Å². The van der Waals surface area contributed by atoms with Crippen molar-refractivity contribution in [2.45, 2.75) is 56.4 Å². The van der Waals surface area contributed by atoms with Crippen molar-refractivity contribution in [1.82, 2.24) is 4.72 Å². The number of nitrogens with one attached hydrogen (secondary N) is 2. The van der Waals surface area contributed by atoms with Gasteiger partial charge >= 0.3 is 0 Å². The first-order valence-corrected chi connectivity index (χ1v) is 13.3. The van der Waals surface area contributed by atoms with E-state index in [0.29, 0.717) is 12.3 Å². The molecule has 2 amide bonds. The van der Waals surface area contributed by atoms with E-state index in [1.165, 1.54) is 12.1 Å². The van der Waals surface area contributed by atoms with Gasteiger partial charge in [0.25, 0.3) is 0 Å². The van der Waals surface area contributed by atoms with Gasteiger partial charge in [-0.15, -0.1) is 0 Å². The van der Waals surface area contributed by atoms with Crippen LogP contribution in [0.1, 0.15) is 45.4 Å². The first kappa shape index (κ1) is 24.2. The summed E-state index contributed by atoms with van der Waals surface area (Å²) < 4.78 is 33.5. The molecule has 1 aliphatic carbocycles. The van der Waals surface area contributed by atoms with Crippen molar-refractivity contribution < 1.29 is 22.7 Å². The minimum absolute atomic E-state index is 0.0173. The maximum Gasteiger partial charge on any atom is 0.240 e. The summed E-state index contributed by atoms with van der Waals surface area (Å²) in [5, 5.41) is 2.81. The summed E-state index contributed by atoms with van der Waals surface area (Å²) in [7, 11) is -3.60. The van der Waals surface area contributed by atoms with Gasteiger partial charge in [-0.25, -0.2) is 13.1 Å². The number of carbonyl (C=O) groups excluding carboxylic acids is 2. The first-order chi connectivity index (χ1) is 16.4. The van der Waals surface area contributed by atoms with Gasteiger partial charge < -0.3 is 15.0 Å². The van der Waals surface area contributed by atoms with Crippen molar-refractivity contribution in [1.29, 1.82) is 0 Å². The zero-order valence-electron chi connectivity index (χ0n) is 19.3. The van der Waals surface area contributed by atoms with Crippen LogP contribution in [0, 0.1) is 5.92 Å². The van der Waals surface area contributed by atoms with Crippen LogP contribution in [0.4, 0.5) is 11.4 Å². The lowest BCUT2D eigenvalue weighted by Crippen LogP contribution is -2.36. The summed E-state index contributed by atoms with van der Waals surface area (Å²) in [6.45, 7) is 2.76. The van der Waals surface area contributed by atoms with Crippen molar-refractivity contribution in [3.05, 3.63) is 48.5 Å². The molecule has 9 heteroatoms. The minimum Gasteiger partial charge on any atom is -0.494 e. The van der Waals surface area contributed by atoms with Gasteiger partial charge in [0.1, 0.15) is 5.75 Å². The van der Waals surface area contributed by atoms with E-state index < -0.39 is 15.9 Å². The van der Waals surface area contributed by atoms with Gasteiger partial charge in [-0.2, -0.15) is 0 Å². The number of rotatable bonds is 8. The lowest BCUT2D eigenvalue weighted by molar-refractivity contribution is -0.122. The summed E-state index contributed by atoms with van der Waals surface area (Å²) in [5.74, 6) is -0.140. The van der Waals surface area contributed by atoms with Gasteiger partial charge in [0.2, 0.25) is 21.8 Å². The molecule has 4 rings (SSSR count). The molecule has 0 bridgehead atoms. The number of carbonyl (C=O) groups is 2. The zero-order chi connectivity index (χ0) is 24.1. The molecule has 2 aromatic rings. The minimum atomic E-state index is -3.60. The van der Waals surface area contributed by atoms with Gasteiger partial charge in [-0.3, -0.25) is 9.59 Å². The summed E-state index contributed by atoms with van der Waals surface area (Å²) in [6.07, 6.45) is 5.08. The highest BCUT2D eigenvalue weighted by Gasteiger charge is 2.35. The average molecular weight is 486 g/mol. The van der Waals surface area contributed by atoms with Crippen LogP contribution in [0.2, 0.25) is 0 Å². The lowest BCUT2D eigenvalue weighted by Gasteiger charge is -2.22. The molecule has 0 spiro atoms. The van der Waals surface area contributed by atoms with Gasteiger partial charge in [-0.05, 0) is 68.3 Å². The molecule has 0 aromatic heterocycles. The molecule has 2 fully saturated rings. The third-order valence-electron chi connectivity index (χ3n) is 6.31. The van der Waals surface area contributed by atoms with Crippen LogP contribution in [-0.4, -0.2) is 39.4 Å². The number of nitrogens with zero attached hydrogens (tertiary/aromatic N) is 1. The Hall–Kier alpha value is -2.91. The fourth-order valence-corrected chi connectivity index (χ4v) is 5.80. The molecule has 0 radical (unpaired) electrons. The second-order valence-corrected chi connectivity index (χ2v) is 10.5. The van der Waals surface area contributed by atoms with E-state index in [9.17, 15) is 18.0 Å². The molecular weight excluding hydrogens is 454 g/mol. The number of anilines is 2. The Labute approximate surface area is 200 Å². The van der Waals surface area contributed by atoms with E-state index in [-0.39, 0.29) is 35.7 Å². The quantitative estimate of drug-likeness (QED) is 0.593. The maximum atomic E-state index is 12.8. The van der Waals surface area contributed by atoms with E-state index in [1.54, 1.807) is 29.2 Å². The Bertz CT molecular complexity index is 1110. The van der Waals surface area contributed by atoms with Crippen molar-refractivity contribution in [2.75, 3.05) is 23.4 Å². The summed E-state index contributed by atoms with van der Waals surface area (Å²) >= 11 is 0. The first-order valence-electron chi connectivity index (χ1n) is 11.8. The molecule has 0 unspecified atom stereocenters. The molecule has 2 aromatic carbocycles. The summed E-state index contributed by atoms with van der Waals surface area (Å²) in [6, 6.07) is 13.3. The van der Waals surface area contributed by atoms with Gasteiger partial charge in [-0.1, -0.05) is 19.3 Å². The standard InChI is InChI=1S/C25H31N3O5S/c1-2-33-22-12-10-21(11-13-22)28-17-18(16-24(28)29)25(30)26-19-8-14-23(15-9-19)34(31,32)27-20-6-4-3-5-7-20/h8-15,18,20,27H,2-7,16-17H2,1H3,(H,26,30)/t18-/m0/s1. The molecule has 2 aliphatic rings. The number of hydrogen-bond acceptors (Lipinski definition) is 5. The number of benzene rings is 2. The second-order valence-electron chi connectivity index (χ2n) is 8.80. The van der Waals surface area contributed by atoms with Gasteiger partial charge in [0, 0.05) is 30.4 Å². The van der Waals surface area contributed by atoms with Crippen molar-refractivity contribution in [3.8, 4) is 5.75 Å². The fourth-order valence-electron chi connectivity index (χ4n) is 4.49. The highest BCUT2D eigenvalue weighted by atomic mass is 32.2. The molecule has 2 N–H and O–H groups in total. The largest absolute Gasteiger partial charge is 0.494 e. The van der Waals surface area contributed by atoms with Crippen LogP contribution < -0.4 is 19.7 Å². The Morgan fingerprint density at radius 2 is 1.71 bits per heavy atom. The Kier molecular flexibility index (Phi) is 7.53. The average Bonchev–Trinajstić information content (AvgIpc) is 3.22. The Balaban J connectivity index is 1.35. The molecule has 1 saturated carbocycles. The predicted octanol–water partition coefficient (Wildman–Crippen LogP) is 3.69. The highest BCUT2D eigenvalue weighted by molar-refractivity contribution is 7.89. The van der Waals surface area contributed by atoms with E-state index in [2.05, 4.69) is 10.0 Å². The predicted molar refractivity (Wildman–Crippen MR) is 130 cm³/mol. The van der Waals surface area contributed by atoms with Crippen molar-refractivity contribution >= 4 is 33.2 Å². The van der Waals surface area contributed by atoms with Crippen LogP contribution in [0.25, 0.3) is 0 Å². The lowest BCUT2D eigenvalue weighted by atomic mass is 9.96. The van der Waals surface area contributed by atoms with Crippen LogP contribution in [-0.2, 0) is 19.6 Å². The molecule has 34 heavy (non-hydrogen) atoms. The molecule has 182 valence electrons. The molecule has 1 saturated heterocycles. The monoisotopic (exact) mass is 485 g/mol. The summed E-state index contributed by atoms with van der Waals surface area (Å²) in [4.78, 5) is 27.1. The number of amides is 2. The number of ether oxygens (including phenoxy) is 1. The maximum absolute atomic E-state index is 12.8. The van der Waals surface area contributed by atoms with Crippen molar-refractivity contribution in [2.24, 2.45) is 5.92 Å². The van der Waals surface area contributed by atoms with E-state index >= 15 is 0 Å². The third-order valence-corrected chi connectivity index (χ3v) is 7.85. The SMILES string of the molecule is CCOc1ccc(N2C[C@@H](C(=O)Nc3ccc(S(=O)(=O)NC4CCCCC4)cc3)CC2=O)cc1. The molecule has 1 heterocycles. The summed E-state index contributed by atoms with van der Waals surface area (Å²) in [5.41, 5.74) is 1.22. The smallest absolute Gasteiger partial charge is 0.240 e. The molecule has 8 nitrogen and oxygen atoms in total. The zero-order valence-corrected chi connectivity index (χ0v) is 20.1. The Morgan fingerprint density at radius 1 is 1.03 bits per heavy atom. The van der Waals surface area contributed by atoms with Crippen molar-refractivity contribution in [3.63, 3.8) is 0 Å². The van der Waals surface area contributed by atoms with Crippen LogP contribution in [0.5, 0.6) is 5.75 Å². The van der Waals surface area contributed by atoms with Gasteiger partial charge in [0.15, 0.2) is 0 Å². The molecule has 1 aliphatic heterocycles. The topological polar surface area (TPSA) is 105 Å². The van der Waals surface area contributed by atoms with Gasteiger partial charge in [0.05, 0.1) is 17.4 Å². The molecular formula is C25H31N3O5S. The fraction of sp³-hybridized carbons (Fsp3) is 0.440. The van der Waals surface area contributed by atoms with Crippen LogP contribution in [0.3, 0.4) is 0 Å². The van der Waals surface area contributed by atoms with E-state index in [4.69, 9.17) is 4.74 Å². The highest BCUT2D eigenvalue weighted by Crippen LogP contribution is 2.28. The molecule has 1 atom stereocenters. The number of hydrogen-bond donors (Lipinski definition) is 2. The third kappa shape index (κ3) is 5.77. The number of sulfonamides is 1. The Morgan fingerprint density at radius 3 is 2.35 bits per heavy atom. The normalized spacial score (nSPS) is 19.3. The second kappa shape index (κ2) is 10.6.